The molecule has 0 atom stereocenters. The van der Waals surface area contributed by atoms with E-state index in [1.807, 2.05) is 30.3 Å². The molecule has 9 heteroatoms. The zero-order valence-electron chi connectivity index (χ0n) is 20.2. The molecular formula is C27H29N3O6. The number of hydrogen-bond acceptors (Lipinski definition) is 7. The number of carbonyl (C=O) groups is 3. The number of oxazole rings is 1. The van der Waals surface area contributed by atoms with Crippen molar-refractivity contribution in [1.29, 1.82) is 0 Å². The van der Waals surface area contributed by atoms with Crippen LogP contribution < -0.4 is 10.1 Å². The molecule has 0 spiro atoms. The van der Waals surface area contributed by atoms with Gasteiger partial charge in [-0.15, -0.1) is 0 Å². The minimum Gasteiger partial charge on any atom is -0.481 e. The summed E-state index contributed by atoms with van der Waals surface area (Å²) >= 11 is 0. The quantitative estimate of drug-likeness (QED) is 0.457. The number of nitrogens with zero attached hydrogens (tertiary/aromatic N) is 2. The minimum absolute atomic E-state index is 0.115. The highest BCUT2D eigenvalue weighted by molar-refractivity contribution is 5.92. The molecule has 2 amide bonds. The third kappa shape index (κ3) is 6.50. The van der Waals surface area contributed by atoms with Crippen LogP contribution in [0.2, 0.25) is 0 Å². The minimum atomic E-state index is -0.545. The predicted molar refractivity (Wildman–Crippen MR) is 131 cm³/mol. The Morgan fingerprint density at radius 1 is 1.03 bits per heavy atom. The highest BCUT2D eigenvalue weighted by Gasteiger charge is 2.23. The zero-order chi connectivity index (χ0) is 25.3. The molecule has 1 fully saturated rings. The van der Waals surface area contributed by atoms with E-state index in [1.54, 1.807) is 23.1 Å². The maximum Gasteiger partial charge on any atom is 0.343 e. The number of carbonyl (C=O) groups excluding carboxylic acids is 3. The third-order valence-electron chi connectivity index (χ3n) is 5.91. The third-order valence-corrected chi connectivity index (χ3v) is 5.91. The van der Waals surface area contributed by atoms with Crippen LogP contribution in [0.3, 0.4) is 0 Å². The second-order valence-electron chi connectivity index (χ2n) is 8.53. The Bertz CT molecular complexity index is 1200. The average molecular weight is 492 g/mol. The van der Waals surface area contributed by atoms with E-state index in [1.165, 1.54) is 13.4 Å². The number of likely N-dealkylation sites (tertiary alicyclic amines) is 1. The molecule has 1 aromatic heterocycles. The van der Waals surface area contributed by atoms with Gasteiger partial charge in [0.25, 0.3) is 5.91 Å². The van der Waals surface area contributed by atoms with Crippen LogP contribution in [0, 0.1) is 0 Å². The molecule has 0 saturated carbocycles. The van der Waals surface area contributed by atoms with Gasteiger partial charge in [0.2, 0.25) is 11.8 Å². The number of piperidine rings is 1. The van der Waals surface area contributed by atoms with Gasteiger partial charge in [0.05, 0.1) is 19.1 Å². The first-order chi connectivity index (χ1) is 17.5. The summed E-state index contributed by atoms with van der Waals surface area (Å²) in [5, 5.41) is 2.89. The van der Waals surface area contributed by atoms with Crippen LogP contribution in [0.1, 0.15) is 40.9 Å². The number of rotatable bonds is 9. The van der Waals surface area contributed by atoms with E-state index in [9.17, 15) is 14.4 Å². The fraction of sp³-hybridized carbons (Fsp3) is 0.333. The summed E-state index contributed by atoms with van der Waals surface area (Å²) in [6, 6.07) is 14.7. The second-order valence-corrected chi connectivity index (χ2v) is 8.53. The van der Waals surface area contributed by atoms with Crippen LogP contribution in [0.4, 0.5) is 0 Å². The van der Waals surface area contributed by atoms with Crippen LogP contribution in [0.25, 0.3) is 11.5 Å². The lowest BCUT2D eigenvalue weighted by atomic mass is 10.1. The fourth-order valence-electron chi connectivity index (χ4n) is 3.97. The van der Waals surface area contributed by atoms with Crippen molar-refractivity contribution in [2.24, 2.45) is 0 Å². The first-order valence-electron chi connectivity index (χ1n) is 11.9. The smallest absolute Gasteiger partial charge is 0.343 e. The van der Waals surface area contributed by atoms with Crippen molar-refractivity contribution in [3.05, 3.63) is 71.6 Å². The van der Waals surface area contributed by atoms with Gasteiger partial charge < -0.3 is 24.1 Å². The summed E-state index contributed by atoms with van der Waals surface area (Å²) < 4.78 is 16.0. The van der Waals surface area contributed by atoms with Crippen LogP contribution >= 0.6 is 0 Å². The van der Waals surface area contributed by atoms with Gasteiger partial charge >= 0.3 is 5.97 Å². The van der Waals surface area contributed by atoms with E-state index >= 15 is 0 Å². The number of nitrogens with one attached hydrogen (secondary N) is 1. The van der Waals surface area contributed by atoms with Gasteiger partial charge in [-0.25, -0.2) is 9.78 Å². The van der Waals surface area contributed by atoms with E-state index in [2.05, 4.69) is 15.0 Å². The van der Waals surface area contributed by atoms with Crippen molar-refractivity contribution >= 4 is 17.8 Å². The van der Waals surface area contributed by atoms with E-state index in [4.69, 9.17) is 9.15 Å². The van der Waals surface area contributed by atoms with Crippen molar-refractivity contribution in [2.75, 3.05) is 26.8 Å². The lowest BCUT2D eigenvalue weighted by molar-refractivity contribution is -0.142. The lowest BCUT2D eigenvalue weighted by Gasteiger charge is -2.25. The molecule has 1 saturated heterocycles. The number of aromatic nitrogens is 1. The van der Waals surface area contributed by atoms with Gasteiger partial charge in [0, 0.05) is 19.6 Å². The van der Waals surface area contributed by atoms with Crippen molar-refractivity contribution in [1.82, 2.24) is 15.2 Å². The summed E-state index contributed by atoms with van der Waals surface area (Å²) in [5.41, 5.74) is 2.39. The average Bonchev–Trinajstić information content (AvgIpc) is 3.41. The Balaban J connectivity index is 1.49. The Morgan fingerprint density at radius 2 is 1.81 bits per heavy atom. The highest BCUT2D eigenvalue weighted by atomic mass is 16.6. The number of hydrogen-bond donors (Lipinski definition) is 1. The molecule has 0 aliphatic carbocycles. The Morgan fingerprint density at radius 3 is 2.56 bits per heavy atom. The molecule has 36 heavy (non-hydrogen) atoms. The molecule has 9 nitrogen and oxygen atoms in total. The van der Waals surface area contributed by atoms with Gasteiger partial charge in [-0.05, 0) is 42.5 Å². The van der Waals surface area contributed by atoms with Crippen LogP contribution in [0.5, 0.6) is 5.75 Å². The number of esters is 1. The standard InChI is InChI=1S/C27H29N3O6/c1-34-25(32)18-35-23-14-20(16-28-24(31)15-19-8-4-2-5-9-19)10-11-21(23)26-29-22(17-36-26)27(33)30-12-6-3-7-13-30/h2,4-5,8-11,14,17H,3,6-7,12-13,15-16,18H2,1H3,(H,28,31). The summed E-state index contributed by atoms with van der Waals surface area (Å²) in [6.45, 7) is 1.37. The van der Waals surface area contributed by atoms with Crippen LogP contribution in [-0.4, -0.2) is 54.5 Å². The van der Waals surface area contributed by atoms with Crippen LogP contribution in [0.15, 0.2) is 59.2 Å². The molecule has 1 N–H and O–H groups in total. The zero-order valence-corrected chi connectivity index (χ0v) is 20.2. The summed E-state index contributed by atoms with van der Waals surface area (Å²) in [4.78, 5) is 43.0. The SMILES string of the molecule is COC(=O)COc1cc(CNC(=O)Cc2ccccc2)ccc1-c1nc(C(=O)N2CCCCC2)co1. The monoisotopic (exact) mass is 491 g/mol. The Labute approximate surface area is 209 Å². The predicted octanol–water partition coefficient (Wildman–Crippen LogP) is 3.38. The molecule has 4 rings (SSSR count). The van der Waals surface area contributed by atoms with E-state index < -0.39 is 5.97 Å². The fourth-order valence-corrected chi connectivity index (χ4v) is 3.97. The molecule has 2 aromatic carbocycles. The Kier molecular flexibility index (Phi) is 8.33. The molecule has 188 valence electrons. The van der Waals surface area contributed by atoms with Crippen molar-refractivity contribution in [3.63, 3.8) is 0 Å². The number of amides is 2. The first-order valence-corrected chi connectivity index (χ1v) is 11.9. The van der Waals surface area contributed by atoms with Gasteiger partial charge in [0.1, 0.15) is 12.0 Å². The van der Waals surface area contributed by atoms with E-state index in [-0.39, 0.29) is 43.0 Å². The van der Waals surface area contributed by atoms with Gasteiger partial charge in [-0.2, -0.15) is 0 Å². The highest BCUT2D eigenvalue weighted by Crippen LogP contribution is 2.31. The van der Waals surface area contributed by atoms with E-state index in [0.717, 1.165) is 30.4 Å². The maximum atomic E-state index is 12.8. The summed E-state index contributed by atoms with van der Waals surface area (Å²) in [5.74, 6) is -0.296. The summed E-state index contributed by atoms with van der Waals surface area (Å²) in [7, 11) is 1.28. The molecule has 0 bridgehead atoms. The lowest BCUT2D eigenvalue weighted by Crippen LogP contribution is -2.35. The first kappa shape index (κ1) is 25.0. The molecular weight excluding hydrogens is 462 g/mol. The number of ether oxygens (including phenoxy) is 2. The van der Waals surface area contributed by atoms with Gasteiger partial charge in [0.15, 0.2) is 12.3 Å². The Hall–Kier alpha value is -4.14. The largest absolute Gasteiger partial charge is 0.481 e. The molecule has 0 unspecified atom stereocenters. The topological polar surface area (TPSA) is 111 Å². The van der Waals surface area contributed by atoms with Gasteiger partial charge in [-0.1, -0.05) is 36.4 Å². The second kappa shape index (κ2) is 12.0. The normalized spacial score (nSPS) is 13.2. The maximum absolute atomic E-state index is 12.8. The summed E-state index contributed by atoms with van der Waals surface area (Å²) in [6.07, 6.45) is 4.69. The molecule has 3 aromatic rings. The number of benzene rings is 2. The van der Waals surface area contributed by atoms with Gasteiger partial charge in [-0.3, -0.25) is 9.59 Å². The molecule has 1 aliphatic rings. The van der Waals surface area contributed by atoms with Crippen molar-refractivity contribution in [2.45, 2.75) is 32.2 Å². The van der Waals surface area contributed by atoms with E-state index in [0.29, 0.717) is 24.4 Å². The molecule has 0 radical (unpaired) electrons. The van der Waals surface area contributed by atoms with Crippen molar-refractivity contribution < 1.29 is 28.3 Å². The number of methoxy groups -OCH3 is 1. The van der Waals surface area contributed by atoms with Crippen LogP contribution in [-0.2, 0) is 27.3 Å². The molecule has 1 aliphatic heterocycles. The van der Waals surface area contributed by atoms with Crippen molar-refractivity contribution in [3.8, 4) is 17.2 Å². The molecule has 2 heterocycles.